The summed E-state index contributed by atoms with van der Waals surface area (Å²) in [6.45, 7) is 4.34. The highest BCUT2D eigenvalue weighted by atomic mass is 32.1. The van der Waals surface area contributed by atoms with Crippen LogP contribution in [0, 0.1) is 0 Å². The number of allylic oxidation sites excluding steroid dienone is 1. The van der Waals surface area contributed by atoms with E-state index < -0.39 is 12.0 Å². The Morgan fingerprint density at radius 1 is 1.22 bits per heavy atom. The number of hydrogen-bond acceptors (Lipinski definition) is 9. The lowest BCUT2D eigenvalue weighted by Gasteiger charge is -2.26. The molecule has 0 amide bonds. The van der Waals surface area contributed by atoms with Crippen LogP contribution >= 0.6 is 11.3 Å². The number of fused-ring (bicyclic) bond motifs is 2. The molecule has 5 rings (SSSR count). The van der Waals surface area contributed by atoms with Gasteiger partial charge in [-0.05, 0) is 43.2 Å². The molecule has 192 valence electrons. The van der Waals surface area contributed by atoms with Crippen molar-refractivity contribution in [3.05, 3.63) is 78.5 Å². The summed E-state index contributed by atoms with van der Waals surface area (Å²) in [5, 5.41) is 0. The van der Waals surface area contributed by atoms with Gasteiger partial charge >= 0.3 is 5.97 Å². The lowest BCUT2D eigenvalue weighted by molar-refractivity contribution is -0.136. The molecule has 1 atom stereocenters. The lowest BCUT2D eigenvalue weighted by Crippen LogP contribution is -2.40. The zero-order chi connectivity index (χ0) is 26.1. The number of carbonyl (C=O) groups excluding carboxylic acids is 1. The zero-order valence-electron chi connectivity index (χ0n) is 20.9. The fourth-order valence-electron chi connectivity index (χ4n) is 4.41. The predicted octanol–water partition coefficient (Wildman–Crippen LogP) is 2.93. The maximum absolute atomic E-state index is 13.9. The van der Waals surface area contributed by atoms with E-state index in [0.717, 1.165) is 12.0 Å². The second kappa shape index (κ2) is 10.1. The molecule has 0 radical (unpaired) electrons. The highest BCUT2D eigenvalue weighted by Crippen LogP contribution is 2.41. The third-order valence-electron chi connectivity index (χ3n) is 6.10. The van der Waals surface area contributed by atoms with Crippen molar-refractivity contribution in [2.45, 2.75) is 26.3 Å². The van der Waals surface area contributed by atoms with Gasteiger partial charge < -0.3 is 23.7 Å². The van der Waals surface area contributed by atoms with Crippen molar-refractivity contribution in [1.82, 2.24) is 4.57 Å². The molecule has 0 spiro atoms. The Hall–Kier alpha value is -4.05. The fourth-order valence-corrected chi connectivity index (χ4v) is 5.46. The van der Waals surface area contributed by atoms with Crippen molar-refractivity contribution in [2.75, 3.05) is 27.6 Å². The van der Waals surface area contributed by atoms with E-state index in [2.05, 4.69) is 4.99 Å². The third-order valence-corrected chi connectivity index (χ3v) is 7.08. The van der Waals surface area contributed by atoms with Gasteiger partial charge in [-0.2, -0.15) is 0 Å². The van der Waals surface area contributed by atoms with Crippen molar-refractivity contribution >= 4 is 23.4 Å². The van der Waals surface area contributed by atoms with Crippen LogP contribution in [0.1, 0.15) is 37.4 Å². The average Bonchev–Trinajstić information content (AvgIpc) is 3.49. The topological polar surface area (TPSA) is 97.6 Å². The number of methoxy groups -OCH3 is 2. The number of rotatable bonds is 7. The summed E-state index contributed by atoms with van der Waals surface area (Å²) in [7, 11) is 2.86. The first-order valence-electron chi connectivity index (χ1n) is 11.8. The molecule has 0 N–H and O–H groups in total. The van der Waals surface area contributed by atoms with Gasteiger partial charge in [-0.1, -0.05) is 36.5 Å². The maximum Gasteiger partial charge on any atom is 0.338 e. The second-order valence-electron chi connectivity index (χ2n) is 8.41. The van der Waals surface area contributed by atoms with E-state index in [4.69, 9.17) is 23.7 Å². The van der Waals surface area contributed by atoms with Crippen LogP contribution in [0.5, 0.6) is 23.0 Å². The predicted molar refractivity (Wildman–Crippen MR) is 137 cm³/mol. The van der Waals surface area contributed by atoms with Crippen molar-refractivity contribution in [1.29, 1.82) is 0 Å². The van der Waals surface area contributed by atoms with E-state index in [1.807, 2.05) is 25.1 Å². The highest BCUT2D eigenvalue weighted by molar-refractivity contribution is 7.07. The summed E-state index contributed by atoms with van der Waals surface area (Å²) in [4.78, 5) is 31.9. The van der Waals surface area contributed by atoms with E-state index in [1.165, 1.54) is 23.0 Å². The van der Waals surface area contributed by atoms with Gasteiger partial charge in [0.2, 0.25) is 6.79 Å². The Balaban J connectivity index is 1.73. The number of hydrogen-bond donors (Lipinski definition) is 0. The molecule has 2 aliphatic heterocycles. The largest absolute Gasteiger partial charge is 0.493 e. The number of benzene rings is 2. The first kappa shape index (κ1) is 24.6. The summed E-state index contributed by atoms with van der Waals surface area (Å²) < 4.78 is 29.6. The molecule has 0 saturated heterocycles. The first-order valence-corrected chi connectivity index (χ1v) is 12.6. The van der Waals surface area contributed by atoms with E-state index in [9.17, 15) is 9.59 Å². The van der Waals surface area contributed by atoms with Crippen LogP contribution in [0.4, 0.5) is 0 Å². The van der Waals surface area contributed by atoms with Gasteiger partial charge in [-0.25, -0.2) is 9.79 Å². The molecule has 3 aromatic rings. The Morgan fingerprint density at radius 3 is 2.78 bits per heavy atom. The summed E-state index contributed by atoms with van der Waals surface area (Å²) >= 11 is 1.25. The molecule has 0 fully saturated rings. The summed E-state index contributed by atoms with van der Waals surface area (Å²) in [6, 6.07) is 10.1. The van der Waals surface area contributed by atoms with E-state index in [-0.39, 0.29) is 17.9 Å². The number of aromatic nitrogens is 1. The summed E-state index contributed by atoms with van der Waals surface area (Å²) in [5.41, 5.74) is 1.84. The highest BCUT2D eigenvalue weighted by Gasteiger charge is 2.35. The molecule has 0 unspecified atom stereocenters. The molecule has 9 nitrogen and oxygen atoms in total. The molecule has 37 heavy (non-hydrogen) atoms. The molecule has 0 bridgehead atoms. The van der Waals surface area contributed by atoms with Crippen LogP contribution in [0.2, 0.25) is 0 Å². The lowest BCUT2D eigenvalue weighted by atomic mass is 9.94. The minimum atomic E-state index is -0.815. The molecular formula is C27H26N2O7S. The molecule has 0 saturated carbocycles. The molecule has 3 heterocycles. The molecule has 10 heteroatoms. The standard InChI is InChI=1S/C27H26N2O7S/c1-5-11-34-24-17(7-6-8-19(24)32-3)23-22(26(31)33-4)15(2)28-27-29(23)25(30)21(37-27)13-16-9-10-18-20(12-16)36-14-35-18/h6-10,12-13,23H,5,11,14H2,1-4H3/b21-13+/t23-/m1/s1. The van der Waals surface area contributed by atoms with Gasteiger partial charge in [0, 0.05) is 5.56 Å². The minimum absolute atomic E-state index is 0.166. The first-order chi connectivity index (χ1) is 18.0. The van der Waals surface area contributed by atoms with E-state index in [0.29, 0.717) is 50.2 Å². The van der Waals surface area contributed by atoms with Crippen LogP contribution in [0.25, 0.3) is 6.08 Å². The van der Waals surface area contributed by atoms with Gasteiger partial charge in [0.15, 0.2) is 27.8 Å². The second-order valence-corrected chi connectivity index (χ2v) is 9.42. The number of para-hydroxylation sites is 1. The van der Waals surface area contributed by atoms with Crippen LogP contribution < -0.4 is 33.8 Å². The van der Waals surface area contributed by atoms with Gasteiger partial charge in [-0.3, -0.25) is 9.36 Å². The maximum atomic E-state index is 13.9. The number of ether oxygens (including phenoxy) is 5. The minimum Gasteiger partial charge on any atom is -0.493 e. The van der Waals surface area contributed by atoms with Crippen molar-refractivity contribution in [3.63, 3.8) is 0 Å². The average molecular weight is 523 g/mol. The van der Waals surface area contributed by atoms with Crippen LogP contribution in [-0.4, -0.2) is 38.2 Å². The molecule has 2 aliphatic rings. The zero-order valence-corrected chi connectivity index (χ0v) is 21.7. The van der Waals surface area contributed by atoms with Crippen molar-refractivity contribution in [3.8, 4) is 23.0 Å². The van der Waals surface area contributed by atoms with Gasteiger partial charge in [0.25, 0.3) is 5.56 Å². The number of carbonyl (C=O) groups is 1. The number of thiazole rings is 1. The van der Waals surface area contributed by atoms with Gasteiger partial charge in [0.05, 0.1) is 36.6 Å². The molecule has 2 aromatic carbocycles. The number of nitrogens with zero attached hydrogens (tertiary/aromatic N) is 2. The van der Waals surface area contributed by atoms with Crippen LogP contribution in [0.15, 0.2) is 57.5 Å². The monoisotopic (exact) mass is 522 g/mol. The Kier molecular flexibility index (Phi) is 6.75. The Labute approximate surface area is 216 Å². The summed E-state index contributed by atoms with van der Waals surface area (Å²) in [6.07, 6.45) is 2.55. The van der Waals surface area contributed by atoms with E-state index in [1.54, 1.807) is 38.3 Å². The summed E-state index contributed by atoms with van der Waals surface area (Å²) in [5.74, 6) is 1.69. The van der Waals surface area contributed by atoms with E-state index >= 15 is 0 Å². The fraction of sp³-hybridized carbons (Fsp3) is 0.296. The smallest absolute Gasteiger partial charge is 0.338 e. The SMILES string of the molecule is CCCOc1c(OC)cccc1[C@@H]1C(C(=O)OC)=C(C)N=c2s/c(=C/c3ccc4c(c3)OCO4)c(=O)n21. The van der Waals surface area contributed by atoms with Crippen molar-refractivity contribution in [2.24, 2.45) is 4.99 Å². The molecule has 1 aromatic heterocycles. The third kappa shape index (κ3) is 4.37. The molecule has 0 aliphatic carbocycles. The van der Waals surface area contributed by atoms with Crippen LogP contribution in [0.3, 0.4) is 0 Å². The Bertz CT molecular complexity index is 1580. The van der Waals surface area contributed by atoms with Crippen molar-refractivity contribution < 1.29 is 28.5 Å². The Morgan fingerprint density at radius 2 is 2.03 bits per heavy atom. The molecular weight excluding hydrogens is 496 g/mol. The van der Waals surface area contributed by atoms with Gasteiger partial charge in [-0.15, -0.1) is 0 Å². The quantitative estimate of drug-likeness (QED) is 0.440. The van der Waals surface area contributed by atoms with Gasteiger partial charge in [0.1, 0.15) is 6.04 Å². The normalized spacial score (nSPS) is 16.3. The number of esters is 1. The van der Waals surface area contributed by atoms with Crippen LogP contribution in [-0.2, 0) is 9.53 Å².